The van der Waals surface area contributed by atoms with Gasteiger partial charge >= 0.3 is 0 Å². The Morgan fingerprint density at radius 1 is 1.47 bits per heavy atom. The van der Waals surface area contributed by atoms with Crippen LogP contribution < -0.4 is 4.90 Å². The second-order valence-corrected chi connectivity index (χ2v) is 4.28. The highest BCUT2D eigenvalue weighted by Gasteiger charge is 2.28. The third kappa shape index (κ3) is 2.21. The van der Waals surface area contributed by atoms with Crippen LogP contribution in [0.1, 0.15) is 30.3 Å². The van der Waals surface area contributed by atoms with E-state index in [4.69, 9.17) is 4.42 Å². The average molecular weight is 209 g/mol. The number of furan rings is 1. The van der Waals surface area contributed by atoms with Gasteiger partial charge in [0, 0.05) is 19.2 Å². The molecule has 2 heterocycles. The fourth-order valence-corrected chi connectivity index (χ4v) is 1.78. The van der Waals surface area contributed by atoms with E-state index in [1.54, 1.807) is 12.1 Å². The molecule has 1 saturated heterocycles. The van der Waals surface area contributed by atoms with Gasteiger partial charge in [-0.25, -0.2) is 0 Å². The average Bonchev–Trinajstić information content (AvgIpc) is 2.66. The summed E-state index contributed by atoms with van der Waals surface area (Å²) in [5.74, 6) is 1.06. The summed E-state index contributed by atoms with van der Waals surface area (Å²) in [6, 6.07) is 3.46. The van der Waals surface area contributed by atoms with Crippen LogP contribution in [0.25, 0.3) is 0 Å². The minimum absolute atomic E-state index is 0.349. The van der Waals surface area contributed by atoms with Gasteiger partial charge in [0.25, 0.3) is 0 Å². The lowest BCUT2D eigenvalue weighted by Gasteiger charge is -2.35. The highest BCUT2D eigenvalue weighted by atomic mass is 16.4. The Morgan fingerprint density at radius 2 is 2.13 bits per heavy atom. The molecule has 15 heavy (non-hydrogen) atoms. The van der Waals surface area contributed by atoms with Crippen molar-refractivity contribution in [1.29, 1.82) is 0 Å². The van der Waals surface area contributed by atoms with Gasteiger partial charge in [-0.05, 0) is 25.8 Å². The SMILES string of the molecule is CC1(O)CCN(c2ccc(C=O)o2)CC1. The molecule has 0 saturated carbocycles. The van der Waals surface area contributed by atoms with Crippen LogP contribution in [0.4, 0.5) is 5.88 Å². The van der Waals surface area contributed by atoms with Crippen molar-refractivity contribution in [2.24, 2.45) is 0 Å². The van der Waals surface area contributed by atoms with Gasteiger partial charge in [0.15, 0.2) is 17.9 Å². The second-order valence-electron chi connectivity index (χ2n) is 4.28. The van der Waals surface area contributed by atoms with E-state index in [9.17, 15) is 9.90 Å². The van der Waals surface area contributed by atoms with E-state index in [0.29, 0.717) is 17.9 Å². The summed E-state index contributed by atoms with van der Waals surface area (Å²) in [6.07, 6.45) is 2.15. The highest BCUT2D eigenvalue weighted by molar-refractivity contribution is 5.71. The number of carbonyl (C=O) groups is 1. The Morgan fingerprint density at radius 3 is 2.67 bits per heavy atom. The monoisotopic (exact) mass is 209 g/mol. The van der Waals surface area contributed by atoms with Crippen LogP contribution in [-0.2, 0) is 0 Å². The molecule has 0 spiro atoms. The molecule has 4 heteroatoms. The van der Waals surface area contributed by atoms with E-state index in [1.807, 2.05) is 11.8 Å². The predicted octanol–water partition coefficient (Wildman–Crippen LogP) is 1.44. The molecule has 0 radical (unpaired) electrons. The normalized spacial score (nSPS) is 20.3. The van der Waals surface area contributed by atoms with Crippen LogP contribution in [0.3, 0.4) is 0 Å². The molecule has 1 aliphatic heterocycles. The third-order valence-corrected chi connectivity index (χ3v) is 2.88. The number of piperidine rings is 1. The third-order valence-electron chi connectivity index (χ3n) is 2.88. The molecule has 1 fully saturated rings. The zero-order chi connectivity index (χ0) is 10.9. The number of hydrogen-bond acceptors (Lipinski definition) is 4. The molecule has 1 aromatic heterocycles. The lowest BCUT2D eigenvalue weighted by atomic mass is 9.94. The molecule has 0 bridgehead atoms. The summed E-state index contributed by atoms with van der Waals surface area (Å²) in [6.45, 7) is 3.38. The van der Waals surface area contributed by atoms with Crippen molar-refractivity contribution in [3.63, 3.8) is 0 Å². The zero-order valence-electron chi connectivity index (χ0n) is 8.77. The largest absolute Gasteiger partial charge is 0.438 e. The maximum Gasteiger partial charge on any atom is 0.196 e. The number of nitrogens with zero attached hydrogens (tertiary/aromatic N) is 1. The zero-order valence-corrected chi connectivity index (χ0v) is 8.77. The number of carbonyl (C=O) groups excluding carboxylic acids is 1. The number of hydrogen-bond donors (Lipinski definition) is 1. The fraction of sp³-hybridized carbons (Fsp3) is 0.545. The molecule has 4 nitrogen and oxygen atoms in total. The van der Waals surface area contributed by atoms with Crippen LogP contribution in [0.15, 0.2) is 16.5 Å². The van der Waals surface area contributed by atoms with Gasteiger partial charge in [0.1, 0.15) is 0 Å². The number of anilines is 1. The number of aldehydes is 1. The van der Waals surface area contributed by atoms with Gasteiger partial charge in [-0.3, -0.25) is 4.79 Å². The molecule has 82 valence electrons. The van der Waals surface area contributed by atoms with Crippen LogP contribution >= 0.6 is 0 Å². The summed E-state index contributed by atoms with van der Waals surface area (Å²) < 4.78 is 5.32. The summed E-state index contributed by atoms with van der Waals surface area (Å²) in [7, 11) is 0. The quantitative estimate of drug-likeness (QED) is 0.749. The maximum atomic E-state index is 10.5. The van der Waals surface area contributed by atoms with E-state index in [2.05, 4.69) is 0 Å². The summed E-state index contributed by atoms with van der Waals surface area (Å²) in [4.78, 5) is 12.5. The van der Waals surface area contributed by atoms with Crippen LogP contribution in [0.5, 0.6) is 0 Å². The number of rotatable bonds is 2. The molecule has 0 unspecified atom stereocenters. The standard InChI is InChI=1S/C11H15NO3/c1-11(14)4-6-12(7-5-11)10-3-2-9(8-13)15-10/h2-3,8,14H,4-7H2,1H3. The molecule has 0 aromatic carbocycles. The Kier molecular flexibility index (Phi) is 2.52. The van der Waals surface area contributed by atoms with Gasteiger partial charge in [0.2, 0.25) is 0 Å². The highest BCUT2D eigenvalue weighted by Crippen LogP contribution is 2.26. The first-order valence-electron chi connectivity index (χ1n) is 5.13. The van der Waals surface area contributed by atoms with E-state index >= 15 is 0 Å². The molecular weight excluding hydrogens is 194 g/mol. The molecule has 0 atom stereocenters. The van der Waals surface area contributed by atoms with Crippen molar-refractivity contribution in [2.45, 2.75) is 25.4 Å². The maximum absolute atomic E-state index is 10.5. The van der Waals surface area contributed by atoms with Crippen molar-refractivity contribution in [3.05, 3.63) is 17.9 Å². The van der Waals surface area contributed by atoms with Crippen molar-refractivity contribution in [2.75, 3.05) is 18.0 Å². The smallest absolute Gasteiger partial charge is 0.196 e. The molecule has 1 aliphatic rings. The molecule has 2 rings (SSSR count). The van der Waals surface area contributed by atoms with Gasteiger partial charge in [-0.15, -0.1) is 0 Å². The first-order chi connectivity index (χ1) is 7.11. The Hall–Kier alpha value is -1.29. The van der Waals surface area contributed by atoms with Gasteiger partial charge in [0.05, 0.1) is 5.60 Å². The van der Waals surface area contributed by atoms with Crippen LogP contribution in [0, 0.1) is 0 Å². The summed E-state index contributed by atoms with van der Waals surface area (Å²) in [5, 5.41) is 9.78. The molecular formula is C11H15NO3. The Bertz CT molecular complexity index is 346. The Balaban J connectivity index is 2.04. The van der Waals surface area contributed by atoms with Gasteiger partial charge in [-0.2, -0.15) is 0 Å². The lowest BCUT2D eigenvalue weighted by molar-refractivity contribution is 0.0344. The minimum atomic E-state index is -0.559. The molecule has 0 amide bonds. The predicted molar refractivity (Wildman–Crippen MR) is 56.2 cm³/mol. The van der Waals surface area contributed by atoms with Crippen LogP contribution in [-0.4, -0.2) is 30.1 Å². The van der Waals surface area contributed by atoms with E-state index in [-0.39, 0.29) is 0 Å². The van der Waals surface area contributed by atoms with Gasteiger partial charge < -0.3 is 14.4 Å². The lowest BCUT2D eigenvalue weighted by Crippen LogP contribution is -2.42. The van der Waals surface area contributed by atoms with Gasteiger partial charge in [-0.1, -0.05) is 0 Å². The van der Waals surface area contributed by atoms with Crippen molar-refractivity contribution >= 4 is 12.2 Å². The fourth-order valence-electron chi connectivity index (χ4n) is 1.78. The molecule has 0 aliphatic carbocycles. The Labute approximate surface area is 88.5 Å². The molecule has 1 N–H and O–H groups in total. The minimum Gasteiger partial charge on any atom is -0.438 e. The first kappa shape index (κ1) is 10.2. The second kappa shape index (κ2) is 3.70. The summed E-state index contributed by atoms with van der Waals surface area (Å²) in [5.41, 5.74) is -0.559. The van der Waals surface area contributed by atoms with Crippen molar-refractivity contribution in [3.8, 4) is 0 Å². The van der Waals surface area contributed by atoms with Crippen molar-refractivity contribution in [1.82, 2.24) is 0 Å². The summed E-state index contributed by atoms with van der Waals surface area (Å²) >= 11 is 0. The molecule has 1 aromatic rings. The van der Waals surface area contributed by atoms with E-state index in [1.165, 1.54) is 0 Å². The van der Waals surface area contributed by atoms with Crippen LogP contribution in [0.2, 0.25) is 0 Å². The topological polar surface area (TPSA) is 53.7 Å². The van der Waals surface area contributed by atoms with Crippen molar-refractivity contribution < 1.29 is 14.3 Å². The first-order valence-corrected chi connectivity index (χ1v) is 5.13. The van der Waals surface area contributed by atoms with E-state index in [0.717, 1.165) is 25.9 Å². The van der Waals surface area contributed by atoms with E-state index < -0.39 is 5.60 Å². The number of aliphatic hydroxyl groups is 1.